The van der Waals surface area contributed by atoms with Crippen molar-refractivity contribution in [2.24, 2.45) is 5.41 Å². The van der Waals surface area contributed by atoms with Crippen LogP contribution < -0.4 is 5.32 Å². The summed E-state index contributed by atoms with van der Waals surface area (Å²) in [7, 11) is 0. The molecule has 1 heterocycles. The molecule has 0 aromatic heterocycles. The maximum atomic E-state index is 12.7. The van der Waals surface area contributed by atoms with E-state index in [1.807, 2.05) is 36.9 Å². The number of allylic oxidation sites excluding steroid dienone is 1. The number of fused-ring (bicyclic) bond motifs is 1. The molecule has 2 N–H and O–H groups in total. The fourth-order valence-electron chi connectivity index (χ4n) is 4.98. The molecule has 30 heavy (non-hydrogen) atoms. The summed E-state index contributed by atoms with van der Waals surface area (Å²) in [5, 5.41) is 13.7. The van der Waals surface area contributed by atoms with E-state index in [1.54, 1.807) is 6.07 Å². The van der Waals surface area contributed by atoms with Gasteiger partial charge in [-0.1, -0.05) is 24.3 Å². The van der Waals surface area contributed by atoms with Gasteiger partial charge < -0.3 is 15.3 Å². The van der Waals surface area contributed by atoms with E-state index in [2.05, 4.69) is 29.6 Å². The van der Waals surface area contributed by atoms with Crippen LogP contribution in [0.25, 0.3) is 5.57 Å². The van der Waals surface area contributed by atoms with Crippen molar-refractivity contribution in [3.8, 4) is 5.75 Å². The Bertz CT molecular complexity index is 934. The molecule has 0 saturated carbocycles. The van der Waals surface area contributed by atoms with Crippen LogP contribution >= 0.6 is 0 Å². The molecule has 0 radical (unpaired) electrons. The van der Waals surface area contributed by atoms with Crippen LogP contribution in [0.5, 0.6) is 5.75 Å². The van der Waals surface area contributed by atoms with E-state index in [9.17, 15) is 9.90 Å². The lowest BCUT2D eigenvalue weighted by Gasteiger charge is -2.36. The number of hydrogen-bond donors (Lipinski definition) is 2. The Hall–Kier alpha value is -2.59. The van der Waals surface area contributed by atoms with Crippen LogP contribution in [-0.4, -0.2) is 42.1 Å². The number of nitrogens with one attached hydrogen (secondary N) is 1. The average Bonchev–Trinajstić information content (AvgIpc) is 3.00. The highest BCUT2D eigenvalue weighted by Crippen LogP contribution is 2.45. The van der Waals surface area contributed by atoms with Crippen LogP contribution in [0.4, 0.5) is 0 Å². The van der Waals surface area contributed by atoms with Gasteiger partial charge in [-0.05, 0) is 105 Å². The summed E-state index contributed by atoms with van der Waals surface area (Å²) in [6.07, 6.45) is 6.93. The Morgan fingerprint density at radius 1 is 1.07 bits per heavy atom. The molecule has 1 spiro atoms. The van der Waals surface area contributed by atoms with E-state index in [0.29, 0.717) is 18.8 Å². The number of carbonyl (C=O) groups is 1. The molecule has 1 amide bonds. The van der Waals surface area contributed by atoms with E-state index in [1.165, 1.54) is 24.0 Å². The van der Waals surface area contributed by atoms with Crippen molar-refractivity contribution in [3.63, 3.8) is 0 Å². The molecule has 1 aliphatic carbocycles. The van der Waals surface area contributed by atoms with Gasteiger partial charge in [0, 0.05) is 18.7 Å². The number of nitrogens with zero attached hydrogens (tertiary/aromatic N) is 1. The largest absolute Gasteiger partial charge is 0.508 e. The van der Waals surface area contributed by atoms with Gasteiger partial charge in [0.2, 0.25) is 0 Å². The first-order chi connectivity index (χ1) is 14.5. The van der Waals surface area contributed by atoms with Crippen molar-refractivity contribution in [2.75, 3.05) is 26.2 Å². The Morgan fingerprint density at radius 3 is 2.57 bits per heavy atom. The van der Waals surface area contributed by atoms with Crippen molar-refractivity contribution in [3.05, 3.63) is 70.8 Å². The predicted molar refractivity (Wildman–Crippen MR) is 122 cm³/mol. The Morgan fingerprint density at radius 2 is 1.83 bits per heavy atom. The first-order valence-corrected chi connectivity index (χ1v) is 11.2. The third-order valence-corrected chi connectivity index (χ3v) is 6.70. The number of phenolic OH excluding ortho intramolecular Hbond substituents is 1. The first-order valence-electron chi connectivity index (χ1n) is 11.2. The van der Waals surface area contributed by atoms with Crippen LogP contribution in [0, 0.1) is 5.41 Å². The number of phenols is 1. The van der Waals surface area contributed by atoms with Gasteiger partial charge in [-0.2, -0.15) is 0 Å². The maximum absolute atomic E-state index is 12.7. The summed E-state index contributed by atoms with van der Waals surface area (Å²) in [4.78, 5) is 14.5. The smallest absolute Gasteiger partial charge is 0.253 e. The van der Waals surface area contributed by atoms with Crippen LogP contribution in [0.2, 0.25) is 0 Å². The van der Waals surface area contributed by atoms with Gasteiger partial charge in [-0.3, -0.25) is 4.79 Å². The number of hydrogen-bond acceptors (Lipinski definition) is 3. The number of benzene rings is 2. The molecule has 158 valence electrons. The zero-order chi connectivity index (χ0) is 21.1. The molecule has 4 nitrogen and oxygen atoms in total. The molecule has 1 fully saturated rings. The van der Waals surface area contributed by atoms with Gasteiger partial charge in [-0.25, -0.2) is 0 Å². The van der Waals surface area contributed by atoms with Crippen LogP contribution in [0.15, 0.2) is 48.5 Å². The fraction of sp³-hybridized carbons (Fsp3) is 0.423. The van der Waals surface area contributed by atoms with Crippen molar-refractivity contribution in [1.82, 2.24) is 10.2 Å². The Labute approximate surface area is 179 Å². The van der Waals surface area contributed by atoms with Gasteiger partial charge in [0.25, 0.3) is 5.91 Å². The summed E-state index contributed by atoms with van der Waals surface area (Å²) >= 11 is 0. The summed E-state index contributed by atoms with van der Waals surface area (Å²) in [6, 6.07) is 13.8. The second-order valence-corrected chi connectivity index (χ2v) is 8.60. The molecule has 4 rings (SSSR count). The first kappa shape index (κ1) is 20.7. The van der Waals surface area contributed by atoms with Gasteiger partial charge >= 0.3 is 0 Å². The molecule has 4 heteroatoms. The van der Waals surface area contributed by atoms with E-state index in [0.717, 1.165) is 42.6 Å². The van der Waals surface area contributed by atoms with Crippen molar-refractivity contribution in [1.29, 1.82) is 0 Å². The van der Waals surface area contributed by atoms with Crippen LogP contribution in [0.3, 0.4) is 0 Å². The molecule has 1 saturated heterocycles. The highest BCUT2D eigenvalue weighted by Gasteiger charge is 2.34. The van der Waals surface area contributed by atoms with Crippen molar-refractivity contribution < 1.29 is 9.90 Å². The van der Waals surface area contributed by atoms with Gasteiger partial charge in [0.1, 0.15) is 5.75 Å². The molecule has 0 bridgehead atoms. The summed E-state index contributed by atoms with van der Waals surface area (Å²) < 4.78 is 0. The standard InChI is InChI=1S/C26H32N2O2/c1-3-28(4-2)25(30)20-8-6-19(7-9-20)24-18-26(12-5-14-27-15-13-26)17-21-10-11-22(29)16-23(21)24/h6-11,16,18,27,29H,3-5,12-15,17H2,1-2H3. The van der Waals surface area contributed by atoms with E-state index in [4.69, 9.17) is 0 Å². The third kappa shape index (κ3) is 4.01. The molecular formula is C26H32N2O2. The van der Waals surface area contributed by atoms with E-state index >= 15 is 0 Å². The average molecular weight is 405 g/mol. The lowest BCUT2D eigenvalue weighted by molar-refractivity contribution is 0.0773. The van der Waals surface area contributed by atoms with Crippen molar-refractivity contribution >= 4 is 11.5 Å². The summed E-state index contributed by atoms with van der Waals surface area (Å²) in [6.45, 7) is 7.56. The Kier molecular flexibility index (Phi) is 5.96. The minimum absolute atomic E-state index is 0.0773. The van der Waals surface area contributed by atoms with Crippen LogP contribution in [0.1, 0.15) is 60.2 Å². The quantitative estimate of drug-likeness (QED) is 0.782. The predicted octanol–water partition coefficient (Wildman–Crippen LogP) is 4.62. The number of aromatic hydroxyl groups is 1. The lowest BCUT2D eigenvalue weighted by Crippen LogP contribution is -2.30. The minimum atomic E-state index is 0.0773. The maximum Gasteiger partial charge on any atom is 0.253 e. The Balaban J connectivity index is 1.74. The number of carbonyl (C=O) groups excluding carboxylic acids is 1. The topological polar surface area (TPSA) is 52.6 Å². The normalized spacial score (nSPS) is 20.9. The monoisotopic (exact) mass is 404 g/mol. The van der Waals surface area contributed by atoms with Crippen molar-refractivity contribution in [2.45, 2.75) is 39.5 Å². The third-order valence-electron chi connectivity index (χ3n) is 6.70. The highest BCUT2D eigenvalue weighted by atomic mass is 16.3. The van der Waals surface area contributed by atoms with Gasteiger partial charge in [0.15, 0.2) is 0 Å². The molecule has 1 atom stereocenters. The van der Waals surface area contributed by atoms with Crippen LogP contribution in [-0.2, 0) is 6.42 Å². The SMILES string of the molecule is CCN(CC)C(=O)c1ccc(C2=CC3(CCCNCC3)Cc3ccc(O)cc32)cc1. The molecule has 2 aromatic rings. The van der Waals surface area contributed by atoms with Gasteiger partial charge in [-0.15, -0.1) is 0 Å². The second kappa shape index (κ2) is 8.65. The number of rotatable bonds is 4. The summed E-state index contributed by atoms with van der Waals surface area (Å²) in [5.74, 6) is 0.375. The molecule has 1 unspecified atom stereocenters. The highest BCUT2D eigenvalue weighted by molar-refractivity contribution is 5.95. The summed E-state index contributed by atoms with van der Waals surface area (Å²) in [5.41, 5.74) is 5.57. The second-order valence-electron chi connectivity index (χ2n) is 8.60. The number of amides is 1. The van der Waals surface area contributed by atoms with E-state index in [-0.39, 0.29) is 11.3 Å². The fourth-order valence-corrected chi connectivity index (χ4v) is 4.98. The molecule has 1 aliphatic heterocycles. The zero-order valence-electron chi connectivity index (χ0n) is 18.1. The van der Waals surface area contributed by atoms with E-state index < -0.39 is 0 Å². The van der Waals surface area contributed by atoms with Gasteiger partial charge in [0.05, 0.1) is 0 Å². The minimum Gasteiger partial charge on any atom is -0.508 e. The zero-order valence-corrected chi connectivity index (χ0v) is 18.1. The molecule has 2 aromatic carbocycles. The lowest BCUT2D eigenvalue weighted by atomic mass is 9.68. The molecule has 2 aliphatic rings. The molecular weight excluding hydrogens is 372 g/mol.